The number of halogens is 1. The fraction of sp³-hybridized carbons (Fsp3) is 0.316. The summed E-state index contributed by atoms with van der Waals surface area (Å²) < 4.78 is 1.96. The van der Waals surface area contributed by atoms with E-state index in [-0.39, 0.29) is 0 Å². The first-order chi connectivity index (χ1) is 12.2. The van der Waals surface area contributed by atoms with Gasteiger partial charge in [-0.2, -0.15) is 0 Å². The number of aromatic nitrogens is 2. The molecule has 0 spiro atoms. The van der Waals surface area contributed by atoms with Crippen molar-refractivity contribution in [3.05, 3.63) is 59.5 Å². The molecule has 0 unspecified atom stereocenters. The number of piperazine rings is 1. The summed E-state index contributed by atoms with van der Waals surface area (Å²) >= 11 is 6.04. The SMILES string of the molecule is CN1CCN(c2ccccc2NCc2cn3cc(Cl)ccc3n2)CC1. The summed E-state index contributed by atoms with van der Waals surface area (Å²) in [7, 11) is 2.18. The van der Waals surface area contributed by atoms with Gasteiger partial charge < -0.3 is 19.5 Å². The smallest absolute Gasteiger partial charge is 0.137 e. The molecular formula is C19H22ClN5. The Morgan fingerprint density at radius 3 is 2.68 bits per heavy atom. The number of benzene rings is 1. The number of para-hydroxylation sites is 2. The molecule has 0 amide bonds. The van der Waals surface area contributed by atoms with Crippen molar-refractivity contribution in [2.75, 3.05) is 43.4 Å². The molecule has 3 aromatic rings. The fourth-order valence-corrected chi connectivity index (χ4v) is 3.40. The highest BCUT2D eigenvalue weighted by Crippen LogP contribution is 2.27. The molecule has 0 aliphatic carbocycles. The molecule has 2 aromatic heterocycles. The third kappa shape index (κ3) is 3.57. The Morgan fingerprint density at radius 1 is 1.04 bits per heavy atom. The van der Waals surface area contributed by atoms with Crippen molar-refractivity contribution in [2.45, 2.75) is 6.54 Å². The highest BCUT2D eigenvalue weighted by Gasteiger charge is 2.16. The van der Waals surface area contributed by atoms with E-state index in [1.54, 1.807) is 0 Å². The van der Waals surface area contributed by atoms with E-state index >= 15 is 0 Å². The topological polar surface area (TPSA) is 35.8 Å². The van der Waals surface area contributed by atoms with Gasteiger partial charge in [0, 0.05) is 38.6 Å². The Labute approximate surface area is 152 Å². The average molecular weight is 356 g/mol. The van der Waals surface area contributed by atoms with Crippen molar-refractivity contribution in [3.63, 3.8) is 0 Å². The number of rotatable bonds is 4. The number of hydrogen-bond donors (Lipinski definition) is 1. The third-order valence-corrected chi connectivity index (χ3v) is 4.90. The van der Waals surface area contributed by atoms with Gasteiger partial charge in [0.05, 0.1) is 28.6 Å². The first-order valence-corrected chi connectivity index (χ1v) is 8.96. The highest BCUT2D eigenvalue weighted by molar-refractivity contribution is 6.30. The van der Waals surface area contributed by atoms with Crippen molar-refractivity contribution >= 4 is 28.6 Å². The number of imidazole rings is 1. The Morgan fingerprint density at radius 2 is 1.84 bits per heavy atom. The van der Waals surface area contributed by atoms with E-state index < -0.39 is 0 Å². The standard InChI is InChI=1S/C19H22ClN5/c1-23-8-10-24(11-9-23)18-5-3-2-4-17(18)21-12-16-14-25-13-15(20)6-7-19(25)22-16/h2-7,13-14,21H,8-12H2,1H3. The van der Waals surface area contributed by atoms with Gasteiger partial charge in [-0.05, 0) is 31.3 Å². The zero-order chi connectivity index (χ0) is 17.2. The van der Waals surface area contributed by atoms with E-state index in [1.165, 1.54) is 5.69 Å². The highest BCUT2D eigenvalue weighted by atomic mass is 35.5. The maximum atomic E-state index is 6.04. The molecule has 6 heteroatoms. The minimum atomic E-state index is 0.685. The molecule has 130 valence electrons. The zero-order valence-electron chi connectivity index (χ0n) is 14.3. The van der Waals surface area contributed by atoms with Crippen LogP contribution in [-0.2, 0) is 6.54 Å². The number of hydrogen-bond acceptors (Lipinski definition) is 4. The molecular weight excluding hydrogens is 334 g/mol. The monoisotopic (exact) mass is 355 g/mol. The summed E-state index contributed by atoms with van der Waals surface area (Å²) in [5.41, 5.74) is 4.33. The Bertz CT molecular complexity index is 867. The quantitative estimate of drug-likeness (QED) is 0.778. The van der Waals surface area contributed by atoms with Gasteiger partial charge in [0.2, 0.25) is 0 Å². The number of fused-ring (bicyclic) bond motifs is 1. The predicted molar refractivity (Wildman–Crippen MR) is 104 cm³/mol. The minimum absolute atomic E-state index is 0.685. The molecule has 25 heavy (non-hydrogen) atoms. The molecule has 0 saturated carbocycles. The molecule has 1 aromatic carbocycles. The van der Waals surface area contributed by atoms with Gasteiger partial charge in [-0.25, -0.2) is 4.98 Å². The van der Waals surface area contributed by atoms with Crippen LogP contribution in [0, 0.1) is 0 Å². The lowest BCUT2D eigenvalue weighted by molar-refractivity contribution is 0.313. The molecule has 1 saturated heterocycles. The largest absolute Gasteiger partial charge is 0.378 e. The summed E-state index contributed by atoms with van der Waals surface area (Å²) in [5, 5.41) is 4.26. The van der Waals surface area contributed by atoms with Crippen molar-refractivity contribution in [3.8, 4) is 0 Å². The normalized spacial score (nSPS) is 15.7. The van der Waals surface area contributed by atoms with E-state index in [4.69, 9.17) is 11.6 Å². The molecule has 1 N–H and O–H groups in total. The summed E-state index contributed by atoms with van der Waals surface area (Å²) in [6, 6.07) is 12.3. The number of likely N-dealkylation sites (N-methyl/N-ethyl adjacent to an activating group) is 1. The third-order valence-electron chi connectivity index (χ3n) is 4.67. The molecule has 0 atom stereocenters. The van der Waals surface area contributed by atoms with Crippen molar-refractivity contribution in [1.29, 1.82) is 0 Å². The number of anilines is 2. The Kier molecular flexibility index (Phi) is 4.51. The maximum Gasteiger partial charge on any atom is 0.137 e. The minimum Gasteiger partial charge on any atom is -0.378 e. The number of pyridine rings is 1. The maximum absolute atomic E-state index is 6.04. The molecule has 3 heterocycles. The predicted octanol–water partition coefficient (Wildman–Crippen LogP) is 3.35. The Balaban J connectivity index is 1.50. The molecule has 0 radical (unpaired) electrons. The first-order valence-electron chi connectivity index (χ1n) is 8.58. The van der Waals surface area contributed by atoms with Crippen LogP contribution in [0.3, 0.4) is 0 Å². The molecule has 1 aliphatic heterocycles. The number of nitrogens with zero attached hydrogens (tertiary/aromatic N) is 4. The van der Waals surface area contributed by atoms with Crippen LogP contribution in [0.5, 0.6) is 0 Å². The summed E-state index contributed by atoms with van der Waals surface area (Å²) in [5.74, 6) is 0. The molecule has 4 rings (SSSR count). The van der Waals surface area contributed by atoms with Gasteiger partial charge in [-0.15, -0.1) is 0 Å². The molecule has 0 bridgehead atoms. The van der Waals surface area contributed by atoms with Crippen LogP contribution >= 0.6 is 11.6 Å². The Hall–Kier alpha value is -2.24. The lowest BCUT2D eigenvalue weighted by Crippen LogP contribution is -2.44. The van der Waals surface area contributed by atoms with Crippen LogP contribution in [0.25, 0.3) is 5.65 Å². The fourth-order valence-electron chi connectivity index (χ4n) is 3.23. The van der Waals surface area contributed by atoms with Gasteiger partial charge in [-0.1, -0.05) is 23.7 Å². The molecule has 1 aliphatic rings. The van der Waals surface area contributed by atoms with Crippen LogP contribution in [-0.4, -0.2) is 47.5 Å². The van der Waals surface area contributed by atoms with Gasteiger partial charge >= 0.3 is 0 Å². The second-order valence-corrected chi connectivity index (χ2v) is 6.94. The van der Waals surface area contributed by atoms with Crippen molar-refractivity contribution < 1.29 is 0 Å². The summed E-state index contributed by atoms with van der Waals surface area (Å²) in [4.78, 5) is 9.46. The van der Waals surface area contributed by atoms with E-state index in [0.717, 1.165) is 43.2 Å². The zero-order valence-corrected chi connectivity index (χ0v) is 15.1. The van der Waals surface area contributed by atoms with Crippen LogP contribution < -0.4 is 10.2 Å². The second-order valence-electron chi connectivity index (χ2n) is 6.51. The van der Waals surface area contributed by atoms with Gasteiger partial charge in [-0.3, -0.25) is 0 Å². The lowest BCUT2D eigenvalue weighted by atomic mass is 10.2. The summed E-state index contributed by atoms with van der Waals surface area (Å²) in [6.45, 7) is 5.00. The molecule has 1 fully saturated rings. The average Bonchev–Trinajstić information content (AvgIpc) is 3.03. The summed E-state index contributed by atoms with van der Waals surface area (Å²) in [6.07, 6.45) is 3.90. The van der Waals surface area contributed by atoms with Gasteiger partial charge in [0.15, 0.2) is 0 Å². The second kappa shape index (κ2) is 6.94. The van der Waals surface area contributed by atoms with E-state index in [0.29, 0.717) is 11.6 Å². The molecule has 5 nitrogen and oxygen atoms in total. The van der Waals surface area contributed by atoms with Crippen LogP contribution in [0.1, 0.15) is 5.69 Å². The van der Waals surface area contributed by atoms with Crippen LogP contribution in [0.4, 0.5) is 11.4 Å². The van der Waals surface area contributed by atoms with Crippen LogP contribution in [0.2, 0.25) is 5.02 Å². The van der Waals surface area contributed by atoms with E-state index in [2.05, 4.69) is 51.4 Å². The van der Waals surface area contributed by atoms with Gasteiger partial charge in [0.1, 0.15) is 5.65 Å². The number of nitrogens with one attached hydrogen (secondary N) is 1. The van der Waals surface area contributed by atoms with Crippen LogP contribution in [0.15, 0.2) is 48.8 Å². The van der Waals surface area contributed by atoms with Gasteiger partial charge in [0.25, 0.3) is 0 Å². The lowest BCUT2D eigenvalue weighted by Gasteiger charge is -2.35. The first kappa shape index (κ1) is 16.2. The van der Waals surface area contributed by atoms with E-state index in [9.17, 15) is 0 Å². The van der Waals surface area contributed by atoms with Crippen molar-refractivity contribution in [1.82, 2.24) is 14.3 Å². The van der Waals surface area contributed by atoms with E-state index in [1.807, 2.05) is 28.9 Å². The van der Waals surface area contributed by atoms with Crippen molar-refractivity contribution in [2.24, 2.45) is 0 Å².